The van der Waals surface area contributed by atoms with Crippen LogP contribution in [0.1, 0.15) is 118 Å². The highest BCUT2D eigenvalue weighted by Crippen LogP contribution is 2.42. The van der Waals surface area contributed by atoms with Crippen LogP contribution in [0.25, 0.3) is 0 Å². The second-order valence-electron chi connectivity index (χ2n) is 8.78. The fourth-order valence-corrected chi connectivity index (χ4v) is 4.53. The van der Waals surface area contributed by atoms with E-state index in [2.05, 4.69) is 19.6 Å². The Balaban J connectivity index is 1.65. The van der Waals surface area contributed by atoms with Crippen LogP contribution in [0.3, 0.4) is 0 Å². The fourth-order valence-electron chi connectivity index (χ4n) is 4.53. The summed E-state index contributed by atoms with van der Waals surface area (Å²) in [6, 6.07) is 7.21. The van der Waals surface area contributed by atoms with Crippen LogP contribution in [0.2, 0.25) is 0 Å². The van der Waals surface area contributed by atoms with E-state index in [-0.39, 0.29) is 11.6 Å². The molecule has 2 nitrogen and oxygen atoms in total. The Kier molecular flexibility index (Phi) is 10.8. The zero-order valence-corrected chi connectivity index (χ0v) is 19.0. The standard InChI is InChI=1S/C28H40O2/c1-3-5-6-7-8-9-10-11-12-13-14-15-16-19-23-28(22-4-2)26(29)24-20-17-18-21-25(24)27(28)30/h4,16-21H,2-3,5-15,22-23H2,1H3/b19-16+. The number of carbonyl (C=O) groups excluding carboxylic acids is 2. The third kappa shape index (κ3) is 6.52. The third-order valence-electron chi connectivity index (χ3n) is 6.39. The van der Waals surface area contributed by atoms with Crippen LogP contribution in [0.15, 0.2) is 49.1 Å². The summed E-state index contributed by atoms with van der Waals surface area (Å²) in [5.41, 5.74) is 0.172. The maximum Gasteiger partial charge on any atom is 0.178 e. The summed E-state index contributed by atoms with van der Waals surface area (Å²) in [5.74, 6) is -0.0790. The predicted molar refractivity (Wildman–Crippen MR) is 127 cm³/mol. The molecule has 0 saturated heterocycles. The molecule has 1 aromatic carbocycles. The predicted octanol–water partition coefficient (Wildman–Crippen LogP) is 8.28. The summed E-state index contributed by atoms with van der Waals surface area (Å²) in [7, 11) is 0. The van der Waals surface area contributed by atoms with E-state index in [1.54, 1.807) is 18.2 Å². The van der Waals surface area contributed by atoms with E-state index in [1.165, 1.54) is 70.6 Å². The van der Waals surface area contributed by atoms with Gasteiger partial charge in [0.25, 0.3) is 0 Å². The SMILES string of the molecule is C=CCC1(C/C=C/CCCCCCCCCCCCC)C(=O)c2ccccc2C1=O. The first-order chi connectivity index (χ1) is 14.7. The molecule has 1 aliphatic rings. The van der Waals surface area contributed by atoms with E-state index >= 15 is 0 Å². The van der Waals surface area contributed by atoms with Gasteiger partial charge in [-0.05, 0) is 25.7 Å². The average molecular weight is 409 g/mol. The first kappa shape index (κ1) is 24.3. The van der Waals surface area contributed by atoms with Crippen LogP contribution in [-0.2, 0) is 0 Å². The van der Waals surface area contributed by atoms with E-state index in [1.807, 2.05) is 18.2 Å². The third-order valence-corrected chi connectivity index (χ3v) is 6.39. The van der Waals surface area contributed by atoms with Crippen LogP contribution in [0.5, 0.6) is 0 Å². The van der Waals surface area contributed by atoms with Gasteiger partial charge in [0.05, 0.1) is 0 Å². The van der Waals surface area contributed by atoms with Crippen LogP contribution < -0.4 is 0 Å². The van der Waals surface area contributed by atoms with Crippen molar-refractivity contribution in [3.05, 3.63) is 60.2 Å². The minimum absolute atomic E-state index is 0.0395. The summed E-state index contributed by atoms with van der Waals surface area (Å²) in [4.78, 5) is 26.0. The summed E-state index contributed by atoms with van der Waals surface area (Å²) in [6.07, 6.45) is 22.6. The van der Waals surface area contributed by atoms with Crippen molar-refractivity contribution in [2.75, 3.05) is 0 Å². The number of rotatable bonds is 16. The van der Waals surface area contributed by atoms with Crippen molar-refractivity contribution in [3.8, 4) is 0 Å². The highest BCUT2D eigenvalue weighted by Gasteiger charge is 2.50. The molecule has 0 amide bonds. The van der Waals surface area contributed by atoms with Gasteiger partial charge in [-0.15, -0.1) is 6.58 Å². The van der Waals surface area contributed by atoms with Gasteiger partial charge in [0.1, 0.15) is 5.41 Å². The number of ketones is 2. The monoisotopic (exact) mass is 408 g/mol. The zero-order valence-electron chi connectivity index (χ0n) is 19.0. The minimum atomic E-state index is -0.973. The van der Waals surface area contributed by atoms with Crippen molar-refractivity contribution in [2.45, 2.75) is 96.8 Å². The summed E-state index contributed by atoms with van der Waals surface area (Å²) < 4.78 is 0. The maximum atomic E-state index is 13.0. The molecule has 1 aromatic rings. The van der Waals surface area contributed by atoms with Gasteiger partial charge in [-0.1, -0.05) is 114 Å². The Bertz CT molecular complexity index is 678. The van der Waals surface area contributed by atoms with E-state index in [0.717, 1.165) is 6.42 Å². The van der Waals surface area contributed by atoms with Crippen LogP contribution in [0.4, 0.5) is 0 Å². The van der Waals surface area contributed by atoms with Crippen molar-refractivity contribution in [3.63, 3.8) is 0 Å². The highest BCUT2D eigenvalue weighted by atomic mass is 16.2. The zero-order chi connectivity index (χ0) is 21.7. The molecule has 0 bridgehead atoms. The Morgan fingerprint density at radius 1 is 0.733 bits per heavy atom. The molecule has 0 unspecified atom stereocenters. The highest BCUT2D eigenvalue weighted by molar-refractivity contribution is 6.29. The molecule has 2 rings (SSSR count). The van der Waals surface area contributed by atoms with Crippen molar-refractivity contribution in [1.29, 1.82) is 0 Å². The van der Waals surface area contributed by atoms with Gasteiger partial charge in [0, 0.05) is 11.1 Å². The fraction of sp³-hybridized carbons (Fsp3) is 0.571. The van der Waals surface area contributed by atoms with Gasteiger partial charge < -0.3 is 0 Å². The van der Waals surface area contributed by atoms with Gasteiger partial charge in [0.15, 0.2) is 11.6 Å². The molecule has 2 heteroatoms. The molecular formula is C28H40O2. The molecule has 0 saturated carbocycles. The second kappa shape index (κ2) is 13.4. The molecule has 0 radical (unpaired) electrons. The van der Waals surface area contributed by atoms with Crippen LogP contribution in [0, 0.1) is 5.41 Å². The molecule has 0 heterocycles. The second-order valence-corrected chi connectivity index (χ2v) is 8.78. The quantitative estimate of drug-likeness (QED) is 0.157. The normalized spacial score (nSPS) is 15.1. The molecule has 0 atom stereocenters. The molecule has 1 aliphatic carbocycles. The lowest BCUT2D eigenvalue weighted by Crippen LogP contribution is -2.32. The van der Waals surface area contributed by atoms with Gasteiger partial charge in [-0.25, -0.2) is 0 Å². The molecule has 164 valence electrons. The number of carbonyl (C=O) groups is 2. The largest absolute Gasteiger partial charge is 0.293 e. The Morgan fingerprint density at radius 2 is 1.23 bits per heavy atom. The first-order valence-electron chi connectivity index (χ1n) is 12.1. The van der Waals surface area contributed by atoms with Gasteiger partial charge in [-0.2, -0.15) is 0 Å². The molecule has 30 heavy (non-hydrogen) atoms. The van der Waals surface area contributed by atoms with Crippen molar-refractivity contribution >= 4 is 11.6 Å². The Labute approximate surface area is 183 Å². The summed E-state index contributed by atoms with van der Waals surface area (Å²) in [6.45, 7) is 6.06. The molecule has 0 aliphatic heterocycles. The minimum Gasteiger partial charge on any atom is -0.293 e. The number of hydrogen-bond donors (Lipinski definition) is 0. The number of benzene rings is 1. The smallest absolute Gasteiger partial charge is 0.178 e. The summed E-state index contributed by atoms with van der Waals surface area (Å²) in [5, 5.41) is 0. The van der Waals surface area contributed by atoms with E-state index in [4.69, 9.17) is 0 Å². The molecule has 0 spiro atoms. The average Bonchev–Trinajstić information content (AvgIpc) is 2.97. The Morgan fingerprint density at radius 3 is 1.73 bits per heavy atom. The van der Waals surface area contributed by atoms with Gasteiger partial charge >= 0.3 is 0 Å². The maximum absolute atomic E-state index is 13.0. The van der Waals surface area contributed by atoms with Crippen molar-refractivity contribution in [2.24, 2.45) is 5.41 Å². The number of fused-ring (bicyclic) bond motifs is 1. The number of Topliss-reactive ketones (excluding diaryl/α,β-unsaturated/α-hetero) is 2. The summed E-state index contributed by atoms with van der Waals surface area (Å²) >= 11 is 0. The topological polar surface area (TPSA) is 34.1 Å². The van der Waals surface area contributed by atoms with Crippen LogP contribution in [-0.4, -0.2) is 11.6 Å². The molecular weight excluding hydrogens is 368 g/mol. The van der Waals surface area contributed by atoms with Crippen molar-refractivity contribution in [1.82, 2.24) is 0 Å². The first-order valence-corrected chi connectivity index (χ1v) is 12.1. The number of allylic oxidation sites excluding steroid dienone is 3. The number of unbranched alkanes of at least 4 members (excludes halogenated alkanes) is 11. The van der Waals surface area contributed by atoms with Gasteiger partial charge in [-0.3, -0.25) is 9.59 Å². The Hall–Kier alpha value is -1.96. The lowest BCUT2D eigenvalue weighted by molar-refractivity contribution is 0.0703. The molecule has 0 aromatic heterocycles. The molecule has 0 N–H and O–H groups in total. The lowest BCUT2D eigenvalue weighted by atomic mass is 9.76. The van der Waals surface area contributed by atoms with Crippen molar-refractivity contribution < 1.29 is 9.59 Å². The van der Waals surface area contributed by atoms with E-state index in [9.17, 15) is 9.59 Å². The van der Waals surface area contributed by atoms with Gasteiger partial charge in [0.2, 0.25) is 0 Å². The lowest BCUT2D eigenvalue weighted by Gasteiger charge is -2.22. The number of hydrogen-bond acceptors (Lipinski definition) is 2. The molecule has 0 fully saturated rings. The van der Waals surface area contributed by atoms with Crippen LogP contribution >= 0.6 is 0 Å². The van der Waals surface area contributed by atoms with E-state index in [0.29, 0.717) is 24.0 Å². The van der Waals surface area contributed by atoms with E-state index < -0.39 is 5.41 Å².